The lowest BCUT2D eigenvalue weighted by Gasteiger charge is -2.20. The molecule has 1 aliphatic heterocycles. The molecule has 4 heteroatoms. The Morgan fingerprint density at radius 3 is 2.78 bits per heavy atom. The predicted molar refractivity (Wildman–Crippen MR) is 80.2 cm³/mol. The molecule has 1 aromatic carbocycles. The molecule has 1 aromatic rings. The van der Waals surface area contributed by atoms with Crippen LogP contribution in [0, 0.1) is 5.92 Å². The van der Waals surface area contributed by atoms with Crippen LogP contribution in [0.4, 0.5) is 0 Å². The van der Waals surface area contributed by atoms with E-state index in [0.29, 0.717) is 15.5 Å². The van der Waals surface area contributed by atoms with Crippen molar-refractivity contribution < 1.29 is 0 Å². The van der Waals surface area contributed by atoms with Gasteiger partial charge in [-0.15, -0.1) is 12.4 Å². The van der Waals surface area contributed by atoms with Gasteiger partial charge in [0.1, 0.15) is 0 Å². The van der Waals surface area contributed by atoms with Crippen LogP contribution < -0.4 is 0 Å². The molecule has 18 heavy (non-hydrogen) atoms. The Bertz CT molecular complexity index is 449. The fraction of sp³-hybridized carbons (Fsp3) is 0.571. The lowest BCUT2D eigenvalue weighted by Crippen LogP contribution is -2.27. The van der Waals surface area contributed by atoms with E-state index in [1.807, 2.05) is 6.07 Å². The molecule has 1 saturated heterocycles. The third-order valence-corrected chi connectivity index (χ3v) is 4.99. The first-order chi connectivity index (χ1) is 8.15. The van der Waals surface area contributed by atoms with Gasteiger partial charge in [-0.2, -0.15) is 0 Å². The number of hydrogen-bond donors (Lipinski definition) is 0. The average molecular weight is 307 g/mol. The highest BCUT2D eigenvalue weighted by molar-refractivity contribution is 6.42. The van der Waals surface area contributed by atoms with E-state index >= 15 is 0 Å². The molecule has 2 unspecified atom stereocenters. The second-order valence-electron chi connectivity index (χ2n) is 5.42. The lowest BCUT2D eigenvalue weighted by molar-refractivity contribution is 0.299. The Labute approximate surface area is 125 Å². The van der Waals surface area contributed by atoms with Crippen molar-refractivity contribution in [3.63, 3.8) is 0 Å². The van der Waals surface area contributed by atoms with Crippen LogP contribution in [0.5, 0.6) is 0 Å². The maximum atomic E-state index is 6.12. The van der Waals surface area contributed by atoms with Gasteiger partial charge < -0.3 is 4.90 Å². The number of hydrogen-bond acceptors (Lipinski definition) is 1. The van der Waals surface area contributed by atoms with E-state index in [1.54, 1.807) is 0 Å². The molecule has 0 aromatic heterocycles. The minimum absolute atomic E-state index is 0. The lowest BCUT2D eigenvalue weighted by atomic mass is 9.95. The Balaban J connectivity index is 0.00000120. The van der Waals surface area contributed by atoms with Gasteiger partial charge in [0.2, 0.25) is 0 Å². The van der Waals surface area contributed by atoms with Gasteiger partial charge in [-0.25, -0.2) is 0 Å². The van der Waals surface area contributed by atoms with Crippen molar-refractivity contribution in [2.45, 2.75) is 25.2 Å². The fourth-order valence-electron chi connectivity index (χ4n) is 3.33. The molecular weight excluding hydrogens is 289 g/mol. The summed E-state index contributed by atoms with van der Waals surface area (Å²) in [6.07, 6.45) is 2.56. The number of benzene rings is 1. The zero-order valence-electron chi connectivity index (χ0n) is 10.5. The summed E-state index contributed by atoms with van der Waals surface area (Å²) < 4.78 is 0. The molecule has 1 nitrogen and oxygen atoms in total. The summed E-state index contributed by atoms with van der Waals surface area (Å²) in [6, 6.07) is 6.16. The molecule has 1 saturated carbocycles. The summed E-state index contributed by atoms with van der Waals surface area (Å²) in [7, 11) is 0. The molecule has 1 aliphatic carbocycles. The first-order valence-corrected chi connectivity index (χ1v) is 7.09. The SMILES string of the molecule is CCCN1CC2CC2(c2ccc(Cl)c(Cl)c2)C1.Cl. The van der Waals surface area contributed by atoms with E-state index in [1.165, 1.54) is 38.0 Å². The van der Waals surface area contributed by atoms with Crippen LogP contribution in [0.2, 0.25) is 10.0 Å². The fourth-order valence-corrected chi connectivity index (χ4v) is 3.62. The number of rotatable bonds is 3. The van der Waals surface area contributed by atoms with Crippen LogP contribution in [0.15, 0.2) is 18.2 Å². The van der Waals surface area contributed by atoms with Gasteiger partial charge in [-0.1, -0.05) is 36.2 Å². The van der Waals surface area contributed by atoms with Crippen LogP contribution in [0.25, 0.3) is 0 Å². The first kappa shape index (κ1) is 14.5. The zero-order valence-corrected chi connectivity index (χ0v) is 12.8. The molecule has 0 bridgehead atoms. The summed E-state index contributed by atoms with van der Waals surface area (Å²) in [5.74, 6) is 0.839. The van der Waals surface area contributed by atoms with Crippen molar-refractivity contribution in [1.29, 1.82) is 0 Å². The highest BCUT2D eigenvalue weighted by atomic mass is 35.5. The van der Waals surface area contributed by atoms with Gasteiger partial charge in [0.25, 0.3) is 0 Å². The van der Waals surface area contributed by atoms with Gasteiger partial charge in [0.15, 0.2) is 0 Å². The molecule has 3 rings (SSSR count). The largest absolute Gasteiger partial charge is 0.302 e. The summed E-state index contributed by atoms with van der Waals surface area (Å²) in [6.45, 7) is 5.92. The summed E-state index contributed by atoms with van der Waals surface area (Å²) in [5, 5.41) is 1.35. The smallest absolute Gasteiger partial charge is 0.0595 e. The number of halogens is 3. The van der Waals surface area contributed by atoms with Crippen LogP contribution in [0.1, 0.15) is 25.3 Å². The molecule has 100 valence electrons. The van der Waals surface area contributed by atoms with Crippen molar-refractivity contribution in [2.24, 2.45) is 5.92 Å². The first-order valence-electron chi connectivity index (χ1n) is 6.33. The monoisotopic (exact) mass is 305 g/mol. The van der Waals surface area contributed by atoms with Crippen LogP contribution >= 0.6 is 35.6 Å². The average Bonchev–Trinajstić information content (AvgIpc) is 2.87. The Morgan fingerprint density at radius 2 is 2.11 bits per heavy atom. The van der Waals surface area contributed by atoms with Crippen molar-refractivity contribution >= 4 is 35.6 Å². The topological polar surface area (TPSA) is 3.24 Å². The predicted octanol–water partition coefficient (Wildman–Crippen LogP) is 4.40. The van der Waals surface area contributed by atoms with Gasteiger partial charge >= 0.3 is 0 Å². The minimum atomic E-state index is 0. The van der Waals surface area contributed by atoms with E-state index in [9.17, 15) is 0 Å². The zero-order chi connectivity index (χ0) is 12.0. The van der Waals surface area contributed by atoms with Crippen molar-refractivity contribution in [3.05, 3.63) is 33.8 Å². The van der Waals surface area contributed by atoms with E-state index in [4.69, 9.17) is 23.2 Å². The molecule has 1 heterocycles. The highest BCUT2D eigenvalue weighted by Crippen LogP contribution is 2.59. The van der Waals surface area contributed by atoms with Gasteiger partial charge in [-0.3, -0.25) is 0 Å². The second kappa shape index (κ2) is 5.20. The summed E-state index contributed by atoms with van der Waals surface area (Å²) in [4.78, 5) is 2.58. The van der Waals surface area contributed by atoms with Crippen LogP contribution in [0.3, 0.4) is 0 Å². The van der Waals surface area contributed by atoms with Crippen molar-refractivity contribution in [1.82, 2.24) is 4.90 Å². The van der Waals surface area contributed by atoms with Gasteiger partial charge in [0, 0.05) is 18.5 Å². The third kappa shape index (κ3) is 2.27. The normalized spacial score (nSPS) is 29.8. The molecule has 2 fully saturated rings. The quantitative estimate of drug-likeness (QED) is 0.800. The molecular formula is C14H18Cl3N. The van der Waals surface area contributed by atoms with E-state index < -0.39 is 0 Å². The van der Waals surface area contributed by atoms with Crippen molar-refractivity contribution in [3.8, 4) is 0 Å². The summed E-state index contributed by atoms with van der Waals surface area (Å²) in [5.41, 5.74) is 1.78. The van der Waals surface area contributed by atoms with Crippen LogP contribution in [-0.4, -0.2) is 24.5 Å². The van der Waals surface area contributed by atoms with E-state index in [0.717, 1.165) is 5.92 Å². The molecule has 2 atom stereocenters. The maximum absolute atomic E-state index is 6.12. The molecule has 0 N–H and O–H groups in total. The molecule has 2 aliphatic rings. The van der Waals surface area contributed by atoms with E-state index in [-0.39, 0.29) is 12.4 Å². The number of piperidine rings is 1. The third-order valence-electron chi connectivity index (χ3n) is 4.25. The molecule has 0 radical (unpaired) electrons. The Kier molecular flexibility index (Phi) is 4.18. The molecule has 0 spiro atoms. The Hall–Kier alpha value is 0.0500. The number of fused-ring (bicyclic) bond motifs is 1. The van der Waals surface area contributed by atoms with Crippen molar-refractivity contribution in [2.75, 3.05) is 19.6 Å². The highest BCUT2D eigenvalue weighted by Gasteiger charge is 2.60. The van der Waals surface area contributed by atoms with E-state index in [2.05, 4.69) is 24.0 Å². The Morgan fingerprint density at radius 1 is 1.33 bits per heavy atom. The number of nitrogens with zero attached hydrogens (tertiary/aromatic N) is 1. The van der Waals surface area contributed by atoms with Gasteiger partial charge in [0.05, 0.1) is 10.0 Å². The summed E-state index contributed by atoms with van der Waals surface area (Å²) >= 11 is 12.1. The standard InChI is InChI=1S/C14H17Cl2N.ClH/c1-2-5-17-8-11-7-14(11,9-17)10-3-4-12(15)13(16)6-10;/h3-4,6,11H,2,5,7-9H2,1H3;1H. The second-order valence-corrected chi connectivity index (χ2v) is 6.24. The molecule has 0 amide bonds. The minimum Gasteiger partial charge on any atom is -0.302 e. The van der Waals surface area contributed by atoms with Gasteiger partial charge in [-0.05, 0) is 43.0 Å². The number of likely N-dealkylation sites (tertiary alicyclic amines) is 1. The van der Waals surface area contributed by atoms with Crippen LogP contribution in [-0.2, 0) is 5.41 Å². The maximum Gasteiger partial charge on any atom is 0.0595 e.